The van der Waals surface area contributed by atoms with Crippen LogP contribution in [0.1, 0.15) is 13.3 Å². The number of carbonyl (C=O) groups excluding carboxylic acids is 1. The van der Waals surface area contributed by atoms with E-state index in [0.717, 1.165) is 12.2 Å². The van der Waals surface area contributed by atoms with E-state index in [0.29, 0.717) is 12.3 Å². The van der Waals surface area contributed by atoms with Gasteiger partial charge in [-0.15, -0.1) is 0 Å². The lowest BCUT2D eigenvalue weighted by Gasteiger charge is -2.05. The molecule has 2 amide bonds. The zero-order chi connectivity index (χ0) is 10.4. The smallest absolute Gasteiger partial charge is 0.316 e. The molecule has 14 heavy (non-hydrogen) atoms. The van der Waals surface area contributed by atoms with Crippen molar-refractivity contribution in [1.29, 1.82) is 0 Å². The molecule has 0 aliphatic rings. The van der Waals surface area contributed by atoms with Gasteiger partial charge in [0.2, 0.25) is 0 Å². The van der Waals surface area contributed by atoms with Crippen LogP contribution in [0.25, 0.3) is 0 Å². The second-order valence-electron chi connectivity index (χ2n) is 2.86. The molecule has 3 N–H and O–H groups in total. The second-order valence-corrected chi connectivity index (χ2v) is 2.86. The third-order valence-electron chi connectivity index (χ3n) is 1.59. The average Bonchev–Trinajstić information content (AvgIpc) is 2.16. The van der Waals surface area contributed by atoms with Gasteiger partial charge in [0.15, 0.2) is 0 Å². The minimum atomic E-state index is -0.563. The molecular weight excluding hydrogens is 180 g/mol. The van der Waals surface area contributed by atoms with Crippen molar-refractivity contribution in [2.45, 2.75) is 13.3 Å². The molecule has 0 heterocycles. The van der Waals surface area contributed by atoms with E-state index in [1.807, 2.05) is 6.92 Å². The van der Waals surface area contributed by atoms with Gasteiger partial charge in [-0.1, -0.05) is 6.92 Å². The van der Waals surface area contributed by atoms with Crippen LogP contribution >= 0.6 is 0 Å². The number of amides is 2. The quantitative estimate of drug-likeness (QED) is 0.769. The first-order valence-electron chi connectivity index (χ1n) is 4.51. The predicted octanol–water partition coefficient (Wildman–Crippen LogP) is 1.97. The average molecular weight is 194 g/mol. The molecule has 0 atom stereocenters. The van der Waals surface area contributed by atoms with Crippen LogP contribution in [-0.4, -0.2) is 12.6 Å². The van der Waals surface area contributed by atoms with Crippen LogP contribution in [-0.2, 0) is 0 Å². The van der Waals surface area contributed by atoms with Crippen LogP contribution in [0.15, 0.2) is 24.3 Å². The second kappa shape index (κ2) is 5.11. The molecule has 1 aromatic rings. The highest BCUT2D eigenvalue weighted by Crippen LogP contribution is 2.15. The van der Waals surface area contributed by atoms with Gasteiger partial charge in [-0.3, -0.25) is 0 Å². The Labute approximate surface area is 83.1 Å². The summed E-state index contributed by atoms with van der Waals surface area (Å²) in [5.41, 5.74) is 5.63. The Bertz CT molecular complexity index is 295. The van der Waals surface area contributed by atoms with Gasteiger partial charge >= 0.3 is 6.03 Å². The monoisotopic (exact) mass is 194 g/mol. The molecule has 0 aliphatic carbocycles. The van der Waals surface area contributed by atoms with E-state index in [1.165, 1.54) is 0 Å². The number of nitrogens with one attached hydrogen (secondary N) is 1. The minimum absolute atomic E-state index is 0.563. The minimum Gasteiger partial charge on any atom is -0.494 e. The molecule has 4 nitrogen and oxygen atoms in total. The Morgan fingerprint density at radius 3 is 2.57 bits per heavy atom. The maximum absolute atomic E-state index is 10.5. The van der Waals surface area contributed by atoms with Gasteiger partial charge in [0.1, 0.15) is 5.75 Å². The fourth-order valence-corrected chi connectivity index (χ4v) is 0.997. The first-order chi connectivity index (χ1) is 6.72. The summed E-state index contributed by atoms with van der Waals surface area (Å²) >= 11 is 0. The zero-order valence-electron chi connectivity index (χ0n) is 8.12. The van der Waals surface area contributed by atoms with Crippen molar-refractivity contribution in [3.8, 4) is 5.75 Å². The number of anilines is 1. The number of hydrogen-bond acceptors (Lipinski definition) is 2. The predicted molar refractivity (Wildman–Crippen MR) is 55.4 cm³/mol. The standard InChI is InChI=1S/C10H14N2O2/c1-2-7-14-9-5-3-8(4-6-9)12-10(11)13/h3-6H,2,7H2,1H3,(H3,11,12,13). The van der Waals surface area contributed by atoms with Crippen LogP contribution < -0.4 is 15.8 Å². The molecule has 0 bridgehead atoms. The van der Waals surface area contributed by atoms with Gasteiger partial charge < -0.3 is 15.8 Å². The molecule has 0 radical (unpaired) electrons. The van der Waals surface area contributed by atoms with Gasteiger partial charge in [-0.2, -0.15) is 0 Å². The van der Waals surface area contributed by atoms with E-state index in [2.05, 4.69) is 5.32 Å². The Balaban J connectivity index is 2.54. The third-order valence-corrected chi connectivity index (χ3v) is 1.59. The van der Waals surface area contributed by atoms with Crippen molar-refractivity contribution in [2.75, 3.05) is 11.9 Å². The van der Waals surface area contributed by atoms with Crippen LogP contribution in [0, 0.1) is 0 Å². The van der Waals surface area contributed by atoms with Crippen LogP contribution in [0.5, 0.6) is 5.75 Å². The lowest BCUT2D eigenvalue weighted by molar-refractivity contribution is 0.259. The number of benzene rings is 1. The number of ether oxygens (including phenoxy) is 1. The molecule has 0 aliphatic heterocycles. The molecule has 4 heteroatoms. The lowest BCUT2D eigenvalue weighted by atomic mass is 10.3. The maximum atomic E-state index is 10.5. The van der Waals surface area contributed by atoms with E-state index in [1.54, 1.807) is 24.3 Å². The number of hydrogen-bond donors (Lipinski definition) is 2. The summed E-state index contributed by atoms with van der Waals surface area (Å²) in [5, 5.41) is 2.47. The Morgan fingerprint density at radius 2 is 2.07 bits per heavy atom. The van der Waals surface area contributed by atoms with E-state index in [9.17, 15) is 4.79 Å². The summed E-state index contributed by atoms with van der Waals surface area (Å²) < 4.78 is 5.37. The number of nitrogens with two attached hydrogens (primary N) is 1. The normalized spacial score (nSPS) is 9.50. The highest BCUT2D eigenvalue weighted by atomic mass is 16.5. The number of carbonyl (C=O) groups is 1. The summed E-state index contributed by atoms with van der Waals surface area (Å²) in [6.45, 7) is 2.74. The van der Waals surface area contributed by atoms with Gasteiger partial charge in [-0.25, -0.2) is 4.79 Å². The molecule has 0 saturated heterocycles. The lowest BCUT2D eigenvalue weighted by Crippen LogP contribution is -2.19. The Kier molecular flexibility index (Phi) is 3.79. The largest absolute Gasteiger partial charge is 0.494 e. The third kappa shape index (κ3) is 3.35. The van der Waals surface area contributed by atoms with Gasteiger partial charge in [-0.05, 0) is 30.7 Å². The molecule has 1 rings (SSSR count). The van der Waals surface area contributed by atoms with Gasteiger partial charge in [0.05, 0.1) is 6.61 Å². The van der Waals surface area contributed by atoms with Crippen LogP contribution in [0.4, 0.5) is 10.5 Å². The van der Waals surface area contributed by atoms with E-state index < -0.39 is 6.03 Å². The van der Waals surface area contributed by atoms with Crippen molar-refractivity contribution in [3.63, 3.8) is 0 Å². The van der Waals surface area contributed by atoms with Crippen molar-refractivity contribution in [2.24, 2.45) is 5.73 Å². The van der Waals surface area contributed by atoms with Crippen LogP contribution in [0.2, 0.25) is 0 Å². The zero-order valence-corrected chi connectivity index (χ0v) is 8.12. The number of rotatable bonds is 4. The first-order valence-corrected chi connectivity index (χ1v) is 4.51. The topological polar surface area (TPSA) is 64.3 Å². The fraction of sp³-hybridized carbons (Fsp3) is 0.300. The first kappa shape index (κ1) is 10.4. The summed E-state index contributed by atoms with van der Waals surface area (Å²) in [5.74, 6) is 0.793. The molecule has 0 aromatic heterocycles. The maximum Gasteiger partial charge on any atom is 0.316 e. The molecule has 0 spiro atoms. The van der Waals surface area contributed by atoms with Crippen LogP contribution in [0.3, 0.4) is 0 Å². The number of urea groups is 1. The summed E-state index contributed by atoms with van der Waals surface area (Å²) in [7, 11) is 0. The number of primary amides is 1. The van der Waals surface area contributed by atoms with Crippen molar-refractivity contribution >= 4 is 11.7 Å². The molecule has 0 unspecified atom stereocenters. The van der Waals surface area contributed by atoms with E-state index in [4.69, 9.17) is 10.5 Å². The molecule has 0 fully saturated rings. The molecule has 0 saturated carbocycles. The van der Waals surface area contributed by atoms with Gasteiger partial charge in [0.25, 0.3) is 0 Å². The van der Waals surface area contributed by atoms with Gasteiger partial charge in [0, 0.05) is 5.69 Å². The highest BCUT2D eigenvalue weighted by Gasteiger charge is 1.96. The van der Waals surface area contributed by atoms with E-state index >= 15 is 0 Å². The fourth-order valence-electron chi connectivity index (χ4n) is 0.997. The van der Waals surface area contributed by atoms with E-state index in [-0.39, 0.29) is 0 Å². The SMILES string of the molecule is CCCOc1ccc(NC(N)=O)cc1. The molecule has 1 aromatic carbocycles. The Morgan fingerprint density at radius 1 is 1.43 bits per heavy atom. The van der Waals surface area contributed by atoms with Crippen molar-refractivity contribution in [1.82, 2.24) is 0 Å². The summed E-state index contributed by atoms with van der Waals surface area (Å²) in [6.07, 6.45) is 0.973. The molecule has 76 valence electrons. The van der Waals surface area contributed by atoms with Crippen molar-refractivity contribution in [3.05, 3.63) is 24.3 Å². The summed E-state index contributed by atoms with van der Waals surface area (Å²) in [4.78, 5) is 10.5. The summed E-state index contributed by atoms with van der Waals surface area (Å²) in [6, 6.07) is 6.51. The highest BCUT2D eigenvalue weighted by molar-refractivity contribution is 5.87. The Hall–Kier alpha value is -1.71. The van der Waals surface area contributed by atoms with Crippen molar-refractivity contribution < 1.29 is 9.53 Å². The molecular formula is C10H14N2O2.